The number of ether oxygens (including phenoxy) is 1. The first-order chi connectivity index (χ1) is 16.1. The van der Waals surface area contributed by atoms with Crippen LogP contribution in [0.2, 0.25) is 5.02 Å². The minimum Gasteiger partial charge on any atom is -0.464 e. The Labute approximate surface area is 202 Å². The number of nitrogens with zero attached hydrogens (tertiary/aromatic N) is 2. The Morgan fingerprint density at radius 2 is 1.65 bits per heavy atom. The van der Waals surface area contributed by atoms with Crippen molar-refractivity contribution in [3.05, 3.63) is 93.0 Å². The van der Waals surface area contributed by atoms with Gasteiger partial charge >= 0.3 is 5.97 Å². The largest absolute Gasteiger partial charge is 0.464 e. The predicted octanol–water partition coefficient (Wildman–Crippen LogP) is 5.13. The first-order valence-corrected chi connectivity index (χ1v) is 11.0. The molecule has 0 aliphatic rings. The lowest BCUT2D eigenvalue weighted by molar-refractivity contribution is 0.0587. The SMILES string of the molecule is COC(=O)c1c(C)c(C(=O)C(C)N(Cc2ccc(F)cc2)C(=O)c2ccc(Cl)cc2)c(C)n1C. The van der Waals surface area contributed by atoms with Crippen molar-refractivity contribution in [2.45, 2.75) is 33.4 Å². The monoisotopic (exact) mass is 484 g/mol. The van der Waals surface area contributed by atoms with E-state index in [0.29, 0.717) is 33.0 Å². The van der Waals surface area contributed by atoms with Crippen molar-refractivity contribution >= 4 is 29.3 Å². The molecule has 1 unspecified atom stereocenters. The molecule has 0 bridgehead atoms. The number of carbonyl (C=O) groups is 3. The van der Waals surface area contributed by atoms with Gasteiger partial charge in [0.1, 0.15) is 11.5 Å². The lowest BCUT2D eigenvalue weighted by atomic mass is 9.98. The molecule has 178 valence electrons. The van der Waals surface area contributed by atoms with Gasteiger partial charge in [-0.05, 0) is 68.3 Å². The molecule has 0 aliphatic carbocycles. The minimum absolute atomic E-state index is 0.0867. The number of hydrogen-bond donors (Lipinski definition) is 0. The van der Waals surface area contributed by atoms with Crippen molar-refractivity contribution < 1.29 is 23.5 Å². The number of hydrogen-bond acceptors (Lipinski definition) is 4. The lowest BCUT2D eigenvalue weighted by Gasteiger charge is -2.29. The van der Waals surface area contributed by atoms with Crippen LogP contribution >= 0.6 is 11.6 Å². The molecule has 0 N–H and O–H groups in total. The molecule has 0 aliphatic heterocycles. The van der Waals surface area contributed by atoms with Crippen LogP contribution in [0.15, 0.2) is 48.5 Å². The van der Waals surface area contributed by atoms with Crippen molar-refractivity contribution in [1.82, 2.24) is 9.47 Å². The van der Waals surface area contributed by atoms with E-state index in [9.17, 15) is 18.8 Å². The Hall–Kier alpha value is -3.45. The van der Waals surface area contributed by atoms with Gasteiger partial charge in [-0.25, -0.2) is 9.18 Å². The molecule has 6 nitrogen and oxygen atoms in total. The third-order valence-corrected chi connectivity index (χ3v) is 6.27. The lowest BCUT2D eigenvalue weighted by Crippen LogP contribution is -2.43. The molecule has 1 amide bonds. The summed E-state index contributed by atoms with van der Waals surface area (Å²) in [6.07, 6.45) is 0. The third kappa shape index (κ3) is 4.89. The zero-order valence-corrected chi connectivity index (χ0v) is 20.4. The van der Waals surface area contributed by atoms with Crippen LogP contribution in [0, 0.1) is 19.7 Å². The number of amides is 1. The molecule has 8 heteroatoms. The molecule has 3 rings (SSSR count). The first-order valence-electron chi connectivity index (χ1n) is 10.7. The zero-order chi connectivity index (χ0) is 25.2. The fourth-order valence-corrected chi connectivity index (χ4v) is 4.13. The van der Waals surface area contributed by atoms with Gasteiger partial charge < -0.3 is 14.2 Å². The van der Waals surface area contributed by atoms with Gasteiger partial charge in [-0.3, -0.25) is 9.59 Å². The highest BCUT2D eigenvalue weighted by atomic mass is 35.5. The van der Waals surface area contributed by atoms with E-state index in [2.05, 4.69) is 0 Å². The second-order valence-electron chi connectivity index (χ2n) is 8.09. The van der Waals surface area contributed by atoms with Gasteiger partial charge in [-0.1, -0.05) is 23.7 Å². The summed E-state index contributed by atoms with van der Waals surface area (Å²) in [5.74, 6) is -1.63. The molecular weight excluding hydrogens is 459 g/mol. The van der Waals surface area contributed by atoms with E-state index in [1.165, 1.54) is 24.1 Å². The Balaban J connectivity index is 2.04. The Morgan fingerprint density at radius 1 is 1.06 bits per heavy atom. The van der Waals surface area contributed by atoms with Crippen molar-refractivity contribution in [1.29, 1.82) is 0 Å². The fraction of sp³-hybridized carbons (Fsp3) is 0.269. The van der Waals surface area contributed by atoms with Crippen LogP contribution in [0.5, 0.6) is 0 Å². The van der Waals surface area contributed by atoms with Gasteiger partial charge in [0.25, 0.3) is 5.91 Å². The maximum Gasteiger partial charge on any atom is 0.354 e. The summed E-state index contributed by atoms with van der Waals surface area (Å²) in [6.45, 7) is 5.15. The molecule has 34 heavy (non-hydrogen) atoms. The van der Waals surface area contributed by atoms with Crippen molar-refractivity contribution in [2.24, 2.45) is 7.05 Å². The number of aromatic nitrogens is 1. The Bertz CT molecular complexity index is 1230. The maximum absolute atomic E-state index is 13.7. The maximum atomic E-state index is 13.7. The average Bonchev–Trinajstić information content (AvgIpc) is 3.05. The minimum atomic E-state index is -0.876. The zero-order valence-electron chi connectivity index (χ0n) is 19.7. The van der Waals surface area contributed by atoms with Gasteiger partial charge in [0.15, 0.2) is 5.78 Å². The van der Waals surface area contributed by atoms with Crippen LogP contribution in [-0.4, -0.2) is 40.3 Å². The number of Topliss-reactive ketones (excluding diaryl/α,β-unsaturated/α-hetero) is 1. The molecule has 0 radical (unpaired) electrons. The average molecular weight is 485 g/mol. The molecular formula is C26H26ClFN2O4. The number of methoxy groups -OCH3 is 1. The fourth-order valence-electron chi connectivity index (χ4n) is 4.01. The van der Waals surface area contributed by atoms with E-state index < -0.39 is 17.8 Å². The summed E-state index contributed by atoms with van der Waals surface area (Å²) < 4.78 is 19.9. The quantitative estimate of drug-likeness (QED) is 0.344. The summed E-state index contributed by atoms with van der Waals surface area (Å²) in [7, 11) is 2.97. The molecule has 1 heterocycles. The van der Waals surface area contributed by atoms with Gasteiger partial charge in [0.05, 0.1) is 13.2 Å². The highest BCUT2D eigenvalue weighted by Crippen LogP contribution is 2.26. The van der Waals surface area contributed by atoms with E-state index in [1.807, 2.05) is 0 Å². The standard InChI is InChI=1S/C26H26ClFN2O4/c1-15-22(16(2)29(4)23(15)26(33)34-5)24(31)17(3)30(14-18-6-12-21(28)13-7-18)25(32)19-8-10-20(27)11-9-19/h6-13,17H,14H2,1-5H3. The van der Waals surface area contributed by atoms with Gasteiger partial charge in [0, 0.05) is 35.4 Å². The highest BCUT2D eigenvalue weighted by molar-refractivity contribution is 6.30. The first kappa shape index (κ1) is 25.2. The summed E-state index contributed by atoms with van der Waals surface area (Å²) >= 11 is 5.97. The molecule has 3 aromatic rings. The number of carbonyl (C=O) groups excluding carboxylic acids is 3. The van der Waals surface area contributed by atoms with E-state index in [-0.39, 0.29) is 23.9 Å². The van der Waals surface area contributed by atoms with E-state index in [4.69, 9.17) is 16.3 Å². The number of rotatable bonds is 7. The molecule has 0 fully saturated rings. The summed E-state index contributed by atoms with van der Waals surface area (Å²) in [5, 5.41) is 0.483. The smallest absolute Gasteiger partial charge is 0.354 e. The number of benzene rings is 2. The normalized spacial score (nSPS) is 11.7. The molecule has 0 saturated carbocycles. The van der Waals surface area contributed by atoms with Crippen LogP contribution in [-0.2, 0) is 18.3 Å². The van der Waals surface area contributed by atoms with E-state index in [1.54, 1.807) is 68.8 Å². The van der Waals surface area contributed by atoms with E-state index in [0.717, 1.165) is 0 Å². The molecule has 1 aromatic heterocycles. The van der Waals surface area contributed by atoms with Crippen LogP contribution in [0.3, 0.4) is 0 Å². The molecule has 0 spiro atoms. The van der Waals surface area contributed by atoms with Crippen LogP contribution < -0.4 is 0 Å². The topological polar surface area (TPSA) is 68.6 Å². The van der Waals surface area contributed by atoms with Crippen LogP contribution in [0.1, 0.15) is 54.9 Å². The van der Waals surface area contributed by atoms with Crippen LogP contribution in [0.25, 0.3) is 0 Å². The second-order valence-corrected chi connectivity index (χ2v) is 8.53. The number of halogens is 2. The molecule has 0 saturated heterocycles. The third-order valence-electron chi connectivity index (χ3n) is 6.02. The van der Waals surface area contributed by atoms with Crippen molar-refractivity contribution in [2.75, 3.05) is 7.11 Å². The van der Waals surface area contributed by atoms with Gasteiger partial charge in [-0.2, -0.15) is 0 Å². The number of ketones is 1. The highest BCUT2D eigenvalue weighted by Gasteiger charge is 2.33. The van der Waals surface area contributed by atoms with E-state index >= 15 is 0 Å². The molecule has 1 atom stereocenters. The van der Waals surface area contributed by atoms with Gasteiger partial charge in [0.2, 0.25) is 0 Å². The Morgan fingerprint density at radius 3 is 2.21 bits per heavy atom. The summed E-state index contributed by atoms with van der Waals surface area (Å²) in [4.78, 5) is 40.9. The summed E-state index contributed by atoms with van der Waals surface area (Å²) in [6, 6.07) is 11.3. The van der Waals surface area contributed by atoms with Crippen LogP contribution in [0.4, 0.5) is 4.39 Å². The van der Waals surface area contributed by atoms with Gasteiger partial charge in [-0.15, -0.1) is 0 Å². The predicted molar refractivity (Wildman–Crippen MR) is 128 cm³/mol. The molecule has 2 aromatic carbocycles. The van der Waals surface area contributed by atoms with Crippen molar-refractivity contribution in [3.63, 3.8) is 0 Å². The summed E-state index contributed by atoms with van der Waals surface area (Å²) in [5.41, 5.74) is 2.76. The number of esters is 1. The second kappa shape index (κ2) is 10.2. The Kier molecular flexibility index (Phi) is 7.57. The van der Waals surface area contributed by atoms with Crippen molar-refractivity contribution in [3.8, 4) is 0 Å².